The van der Waals surface area contributed by atoms with Crippen LogP contribution in [-0.2, 0) is 9.47 Å². The summed E-state index contributed by atoms with van der Waals surface area (Å²) in [6.45, 7) is 6.69. The highest BCUT2D eigenvalue weighted by Crippen LogP contribution is 2.14. The van der Waals surface area contributed by atoms with Gasteiger partial charge in [0.2, 0.25) is 0 Å². The Morgan fingerprint density at radius 2 is 1.14 bits per heavy atom. The van der Waals surface area contributed by atoms with E-state index >= 15 is 0 Å². The molecule has 0 aromatic carbocycles. The highest BCUT2D eigenvalue weighted by atomic mass is 16.7. The Kier molecular flexibility index (Phi) is 21.5. The quantitative estimate of drug-likeness (QED) is 0.117. The van der Waals surface area contributed by atoms with Crippen LogP contribution in [-0.4, -0.2) is 12.8 Å². The standard InChI is InChI=1S/C25H48O3/c1-4-5-6-7-8-9-10-11-12-13-14-15-16-17-18-19-20-21-22-27-25(26)28-23-24(2)3/h21-22,24H,4-20,23H2,1-3H3/b22-21+. The van der Waals surface area contributed by atoms with E-state index in [2.05, 4.69) is 6.92 Å². The summed E-state index contributed by atoms with van der Waals surface area (Å²) in [6.07, 6.45) is 25.9. The fourth-order valence-electron chi connectivity index (χ4n) is 3.25. The second kappa shape index (κ2) is 22.3. The molecule has 0 heterocycles. The molecule has 28 heavy (non-hydrogen) atoms. The first kappa shape index (κ1) is 27.0. The number of carbonyl (C=O) groups is 1. The van der Waals surface area contributed by atoms with E-state index in [1.54, 1.807) is 0 Å². The molecule has 0 aliphatic heterocycles. The van der Waals surface area contributed by atoms with Crippen LogP contribution in [0.5, 0.6) is 0 Å². The molecule has 166 valence electrons. The smallest absolute Gasteiger partial charge is 0.434 e. The third kappa shape index (κ3) is 23.0. The van der Waals surface area contributed by atoms with Crippen molar-refractivity contribution >= 4 is 6.16 Å². The lowest BCUT2D eigenvalue weighted by Crippen LogP contribution is -2.08. The summed E-state index contributed by atoms with van der Waals surface area (Å²) in [5.41, 5.74) is 0. The van der Waals surface area contributed by atoms with Crippen LogP contribution in [0.3, 0.4) is 0 Å². The van der Waals surface area contributed by atoms with Gasteiger partial charge in [0, 0.05) is 0 Å². The molecule has 0 saturated carbocycles. The molecular weight excluding hydrogens is 348 g/mol. The van der Waals surface area contributed by atoms with E-state index in [9.17, 15) is 4.79 Å². The maximum absolute atomic E-state index is 11.2. The van der Waals surface area contributed by atoms with Gasteiger partial charge in [-0.15, -0.1) is 0 Å². The van der Waals surface area contributed by atoms with Crippen LogP contribution in [0.15, 0.2) is 12.3 Å². The fraction of sp³-hybridized carbons (Fsp3) is 0.880. The Bertz CT molecular complexity index is 350. The van der Waals surface area contributed by atoms with Crippen LogP contribution >= 0.6 is 0 Å². The number of carbonyl (C=O) groups excluding carboxylic acids is 1. The number of allylic oxidation sites excluding steroid dienone is 1. The normalized spacial score (nSPS) is 11.4. The van der Waals surface area contributed by atoms with Crippen molar-refractivity contribution in [3.8, 4) is 0 Å². The Balaban J connectivity index is 3.15. The van der Waals surface area contributed by atoms with Crippen molar-refractivity contribution in [1.82, 2.24) is 0 Å². The maximum Gasteiger partial charge on any atom is 0.513 e. The van der Waals surface area contributed by atoms with E-state index in [1.807, 2.05) is 19.9 Å². The minimum Gasteiger partial charge on any atom is -0.434 e. The lowest BCUT2D eigenvalue weighted by molar-refractivity contribution is 0.0749. The number of unbranched alkanes of at least 4 members (excludes halogenated alkanes) is 16. The molecule has 0 amide bonds. The zero-order valence-corrected chi connectivity index (χ0v) is 19.2. The molecule has 0 aliphatic carbocycles. The second-order valence-corrected chi connectivity index (χ2v) is 8.54. The molecule has 3 nitrogen and oxygen atoms in total. The Labute approximate surface area is 175 Å². The van der Waals surface area contributed by atoms with Crippen molar-refractivity contribution < 1.29 is 14.3 Å². The Morgan fingerprint density at radius 1 is 0.714 bits per heavy atom. The number of hydrogen-bond acceptors (Lipinski definition) is 3. The predicted octanol–water partition coefficient (Wildman–Crippen LogP) is 8.96. The van der Waals surface area contributed by atoms with Crippen molar-refractivity contribution in [3.63, 3.8) is 0 Å². The zero-order chi connectivity index (χ0) is 20.7. The number of hydrogen-bond donors (Lipinski definition) is 0. The van der Waals surface area contributed by atoms with Crippen LogP contribution in [0.25, 0.3) is 0 Å². The van der Waals surface area contributed by atoms with Gasteiger partial charge in [0.15, 0.2) is 0 Å². The maximum atomic E-state index is 11.2. The van der Waals surface area contributed by atoms with Crippen LogP contribution in [0.2, 0.25) is 0 Å². The van der Waals surface area contributed by atoms with Gasteiger partial charge < -0.3 is 9.47 Å². The minimum atomic E-state index is -0.600. The third-order valence-electron chi connectivity index (χ3n) is 5.02. The highest BCUT2D eigenvalue weighted by Gasteiger charge is 2.02. The van der Waals surface area contributed by atoms with E-state index in [0.29, 0.717) is 12.5 Å². The molecule has 0 radical (unpaired) electrons. The van der Waals surface area contributed by atoms with Crippen LogP contribution in [0.1, 0.15) is 130 Å². The van der Waals surface area contributed by atoms with Crippen molar-refractivity contribution in [3.05, 3.63) is 12.3 Å². The van der Waals surface area contributed by atoms with Crippen LogP contribution < -0.4 is 0 Å². The third-order valence-corrected chi connectivity index (χ3v) is 5.02. The second-order valence-electron chi connectivity index (χ2n) is 8.54. The first-order chi connectivity index (χ1) is 13.7. The van der Waals surface area contributed by atoms with Gasteiger partial charge >= 0.3 is 6.16 Å². The minimum absolute atomic E-state index is 0.335. The Hall–Kier alpha value is -0.990. The van der Waals surface area contributed by atoms with Crippen molar-refractivity contribution in [2.75, 3.05) is 6.61 Å². The molecule has 0 N–H and O–H groups in total. The molecule has 0 saturated heterocycles. The molecule has 0 spiro atoms. The average molecular weight is 397 g/mol. The molecule has 3 heteroatoms. The van der Waals surface area contributed by atoms with E-state index in [4.69, 9.17) is 9.47 Å². The van der Waals surface area contributed by atoms with Gasteiger partial charge in [-0.05, 0) is 24.8 Å². The molecular formula is C25H48O3. The first-order valence-electron chi connectivity index (χ1n) is 12.1. The van der Waals surface area contributed by atoms with Crippen LogP contribution in [0, 0.1) is 5.92 Å². The molecule has 0 aromatic rings. The highest BCUT2D eigenvalue weighted by molar-refractivity contribution is 5.60. The summed E-state index contributed by atoms with van der Waals surface area (Å²) >= 11 is 0. The van der Waals surface area contributed by atoms with Crippen molar-refractivity contribution in [2.24, 2.45) is 5.92 Å². The van der Waals surface area contributed by atoms with Gasteiger partial charge in [-0.3, -0.25) is 0 Å². The molecule has 0 rings (SSSR count). The van der Waals surface area contributed by atoms with Crippen molar-refractivity contribution in [2.45, 2.75) is 130 Å². The SMILES string of the molecule is CCCCCCCCCCCCCCCCCC/C=C/OC(=O)OCC(C)C. The van der Waals surface area contributed by atoms with Crippen molar-refractivity contribution in [1.29, 1.82) is 0 Å². The topological polar surface area (TPSA) is 35.5 Å². The average Bonchev–Trinajstić information content (AvgIpc) is 2.68. The summed E-state index contributed by atoms with van der Waals surface area (Å²) in [4.78, 5) is 11.2. The molecule has 0 aromatic heterocycles. The van der Waals surface area contributed by atoms with E-state index < -0.39 is 6.16 Å². The van der Waals surface area contributed by atoms with Gasteiger partial charge in [0.05, 0.1) is 12.9 Å². The van der Waals surface area contributed by atoms with Gasteiger partial charge in [-0.2, -0.15) is 0 Å². The van der Waals surface area contributed by atoms with E-state index in [1.165, 1.54) is 109 Å². The van der Waals surface area contributed by atoms with Crippen LogP contribution in [0.4, 0.5) is 4.79 Å². The van der Waals surface area contributed by atoms with Gasteiger partial charge in [0.25, 0.3) is 0 Å². The van der Waals surface area contributed by atoms with Gasteiger partial charge in [-0.25, -0.2) is 4.79 Å². The monoisotopic (exact) mass is 396 g/mol. The molecule has 0 atom stereocenters. The zero-order valence-electron chi connectivity index (χ0n) is 19.2. The van der Waals surface area contributed by atoms with E-state index in [0.717, 1.165) is 6.42 Å². The lowest BCUT2D eigenvalue weighted by atomic mass is 10.0. The van der Waals surface area contributed by atoms with Gasteiger partial charge in [0.1, 0.15) is 0 Å². The predicted molar refractivity (Wildman–Crippen MR) is 121 cm³/mol. The summed E-state index contributed by atoms with van der Waals surface area (Å²) in [5, 5.41) is 0. The summed E-state index contributed by atoms with van der Waals surface area (Å²) in [5.74, 6) is 0.335. The largest absolute Gasteiger partial charge is 0.513 e. The van der Waals surface area contributed by atoms with E-state index in [-0.39, 0.29) is 0 Å². The molecule has 0 fully saturated rings. The first-order valence-corrected chi connectivity index (χ1v) is 12.1. The molecule has 0 unspecified atom stereocenters. The summed E-state index contributed by atoms with van der Waals surface area (Å²) in [6, 6.07) is 0. The van der Waals surface area contributed by atoms with Gasteiger partial charge in [-0.1, -0.05) is 117 Å². The molecule has 0 bridgehead atoms. The summed E-state index contributed by atoms with van der Waals surface area (Å²) < 4.78 is 9.81. The fourth-order valence-corrected chi connectivity index (χ4v) is 3.25. The number of rotatable bonds is 20. The molecule has 0 aliphatic rings. The lowest BCUT2D eigenvalue weighted by Gasteiger charge is -2.04. The summed E-state index contributed by atoms with van der Waals surface area (Å²) in [7, 11) is 0. The Morgan fingerprint density at radius 3 is 1.57 bits per heavy atom. The number of ether oxygens (including phenoxy) is 2.